The van der Waals surface area contributed by atoms with Crippen LogP contribution < -0.4 is 15.4 Å². The first kappa shape index (κ1) is 13.7. The summed E-state index contributed by atoms with van der Waals surface area (Å²) in [4.78, 5) is 6.56. The number of nitrogens with two attached hydrogens (primary N) is 1. The summed E-state index contributed by atoms with van der Waals surface area (Å²) >= 11 is 0. The molecule has 0 bridgehead atoms. The third-order valence-corrected chi connectivity index (χ3v) is 3.67. The van der Waals surface area contributed by atoms with Crippen LogP contribution in [0.25, 0.3) is 0 Å². The van der Waals surface area contributed by atoms with E-state index in [-0.39, 0.29) is 0 Å². The van der Waals surface area contributed by atoms with Crippen LogP contribution in [0.15, 0.2) is 29.3 Å². The Bertz CT molecular complexity index is 439. The quantitative estimate of drug-likeness (QED) is 0.672. The second kappa shape index (κ2) is 6.45. The smallest absolute Gasteiger partial charge is 0.195 e. The van der Waals surface area contributed by atoms with E-state index in [1.54, 1.807) is 7.11 Å². The van der Waals surface area contributed by atoms with E-state index in [1.165, 1.54) is 19.3 Å². The predicted molar refractivity (Wildman–Crippen MR) is 79.9 cm³/mol. The van der Waals surface area contributed by atoms with Crippen molar-refractivity contribution in [1.29, 1.82) is 0 Å². The molecule has 0 unspecified atom stereocenters. The molecule has 0 radical (unpaired) electrons. The van der Waals surface area contributed by atoms with Gasteiger partial charge in [-0.25, -0.2) is 4.99 Å². The topological polar surface area (TPSA) is 50.9 Å². The maximum Gasteiger partial charge on any atom is 0.195 e. The second-order valence-electron chi connectivity index (χ2n) is 5.04. The molecule has 19 heavy (non-hydrogen) atoms. The Balaban J connectivity index is 2.08. The van der Waals surface area contributed by atoms with Crippen molar-refractivity contribution in [3.05, 3.63) is 24.3 Å². The van der Waals surface area contributed by atoms with Gasteiger partial charge in [-0.3, -0.25) is 0 Å². The summed E-state index contributed by atoms with van der Waals surface area (Å²) in [5, 5.41) is 0. The van der Waals surface area contributed by atoms with Crippen molar-refractivity contribution in [3.8, 4) is 5.75 Å². The zero-order valence-electron chi connectivity index (χ0n) is 11.8. The normalized spacial score (nSPS) is 17.3. The standard InChI is InChI=1S/C15H23N3O/c1-18(13-9-6-10-14(11-13)19-2)15(16)17-12-7-4-3-5-8-12/h6,9-12H,3-5,7-8H2,1-2H3,(H2,16,17). The zero-order valence-corrected chi connectivity index (χ0v) is 11.8. The van der Waals surface area contributed by atoms with Crippen LogP contribution in [0.1, 0.15) is 32.1 Å². The average molecular weight is 261 g/mol. The number of guanidine groups is 1. The first-order valence-corrected chi connectivity index (χ1v) is 6.92. The number of rotatable bonds is 3. The third kappa shape index (κ3) is 3.63. The van der Waals surface area contributed by atoms with E-state index in [9.17, 15) is 0 Å². The van der Waals surface area contributed by atoms with Crippen LogP contribution in [0, 0.1) is 0 Å². The first-order valence-electron chi connectivity index (χ1n) is 6.92. The molecule has 1 aromatic rings. The Morgan fingerprint density at radius 1 is 1.32 bits per heavy atom. The van der Waals surface area contributed by atoms with Gasteiger partial charge in [0.05, 0.1) is 13.2 Å². The lowest BCUT2D eigenvalue weighted by Crippen LogP contribution is -2.35. The Hall–Kier alpha value is -1.71. The van der Waals surface area contributed by atoms with Crippen molar-refractivity contribution in [3.63, 3.8) is 0 Å². The fourth-order valence-corrected chi connectivity index (χ4v) is 2.44. The molecule has 1 aromatic carbocycles. The highest BCUT2D eigenvalue weighted by Gasteiger charge is 2.14. The average Bonchev–Trinajstić information content (AvgIpc) is 2.47. The Labute approximate surface area is 115 Å². The lowest BCUT2D eigenvalue weighted by Gasteiger charge is -2.23. The molecular weight excluding hydrogens is 238 g/mol. The van der Waals surface area contributed by atoms with E-state index in [0.717, 1.165) is 24.3 Å². The molecule has 0 amide bonds. The highest BCUT2D eigenvalue weighted by Crippen LogP contribution is 2.22. The molecule has 1 aliphatic carbocycles. The van der Waals surface area contributed by atoms with Crippen molar-refractivity contribution >= 4 is 11.6 Å². The van der Waals surface area contributed by atoms with Gasteiger partial charge in [0.1, 0.15) is 5.75 Å². The fourth-order valence-electron chi connectivity index (χ4n) is 2.44. The maximum atomic E-state index is 6.11. The molecule has 1 saturated carbocycles. The van der Waals surface area contributed by atoms with E-state index in [2.05, 4.69) is 4.99 Å². The van der Waals surface area contributed by atoms with Gasteiger partial charge in [-0.2, -0.15) is 0 Å². The van der Waals surface area contributed by atoms with Gasteiger partial charge in [-0.1, -0.05) is 25.3 Å². The molecule has 0 aliphatic heterocycles. The molecule has 0 atom stereocenters. The van der Waals surface area contributed by atoms with Crippen molar-refractivity contribution in [2.75, 3.05) is 19.1 Å². The Morgan fingerprint density at radius 3 is 2.74 bits per heavy atom. The SMILES string of the molecule is COc1cccc(N(C)C(N)=NC2CCCCC2)c1. The Morgan fingerprint density at radius 2 is 2.05 bits per heavy atom. The summed E-state index contributed by atoms with van der Waals surface area (Å²) in [7, 11) is 3.61. The minimum Gasteiger partial charge on any atom is -0.497 e. The first-order chi connectivity index (χ1) is 9.20. The number of anilines is 1. The summed E-state index contributed by atoms with van der Waals surface area (Å²) in [6.45, 7) is 0. The van der Waals surface area contributed by atoms with Crippen LogP contribution in [0.2, 0.25) is 0 Å². The van der Waals surface area contributed by atoms with Crippen LogP contribution >= 0.6 is 0 Å². The van der Waals surface area contributed by atoms with Gasteiger partial charge >= 0.3 is 0 Å². The fraction of sp³-hybridized carbons (Fsp3) is 0.533. The zero-order chi connectivity index (χ0) is 13.7. The third-order valence-electron chi connectivity index (χ3n) is 3.67. The van der Waals surface area contributed by atoms with Gasteiger partial charge in [0, 0.05) is 18.8 Å². The van der Waals surface area contributed by atoms with Crippen LogP contribution in [0.5, 0.6) is 5.75 Å². The van der Waals surface area contributed by atoms with Crippen LogP contribution in [0.4, 0.5) is 5.69 Å². The molecule has 4 heteroatoms. The number of ether oxygens (including phenoxy) is 1. The van der Waals surface area contributed by atoms with Crippen LogP contribution in [-0.4, -0.2) is 26.2 Å². The summed E-state index contributed by atoms with van der Waals surface area (Å²) in [5.74, 6) is 1.41. The molecule has 104 valence electrons. The molecule has 2 N–H and O–H groups in total. The van der Waals surface area contributed by atoms with E-state index in [0.29, 0.717) is 12.0 Å². The van der Waals surface area contributed by atoms with Crippen LogP contribution in [-0.2, 0) is 0 Å². The van der Waals surface area contributed by atoms with Crippen molar-refractivity contribution in [2.45, 2.75) is 38.1 Å². The van der Waals surface area contributed by atoms with E-state index >= 15 is 0 Å². The van der Waals surface area contributed by atoms with Crippen molar-refractivity contribution in [2.24, 2.45) is 10.7 Å². The molecule has 1 fully saturated rings. The molecule has 4 nitrogen and oxygen atoms in total. The van der Waals surface area contributed by atoms with E-state index < -0.39 is 0 Å². The molecule has 2 rings (SSSR count). The second-order valence-corrected chi connectivity index (χ2v) is 5.04. The van der Waals surface area contributed by atoms with Crippen LogP contribution in [0.3, 0.4) is 0 Å². The van der Waals surface area contributed by atoms with Gasteiger partial charge in [0.25, 0.3) is 0 Å². The molecule has 0 aromatic heterocycles. The number of nitrogens with zero attached hydrogens (tertiary/aromatic N) is 2. The highest BCUT2D eigenvalue weighted by molar-refractivity contribution is 5.94. The Kier molecular flexibility index (Phi) is 4.66. The lowest BCUT2D eigenvalue weighted by molar-refractivity contribution is 0.415. The minimum atomic E-state index is 0.391. The molecule has 0 saturated heterocycles. The number of methoxy groups -OCH3 is 1. The molecule has 0 heterocycles. The van der Waals surface area contributed by atoms with Gasteiger partial charge in [-0.05, 0) is 25.0 Å². The highest BCUT2D eigenvalue weighted by atomic mass is 16.5. The number of hydrogen-bond donors (Lipinski definition) is 1. The maximum absolute atomic E-state index is 6.11. The summed E-state index contributed by atoms with van der Waals surface area (Å²) in [5.41, 5.74) is 7.10. The number of aliphatic imine (C=N–C) groups is 1. The lowest BCUT2D eigenvalue weighted by atomic mass is 9.96. The van der Waals surface area contributed by atoms with Gasteiger partial charge in [-0.15, -0.1) is 0 Å². The monoisotopic (exact) mass is 261 g/mol. The van der Waals surface area contributed by atoms with Crippen molar-refractivity contribution in [1.82, 2.24) is 0 Å². The summed E-state index contributed by atoms with van der Waals surface area (Å²) in [6.07, 6.45) is 6.19. The van der Waals surface area contributed by atoms with Crippen molar-refractivity contribution < 1.29 is 4.74 Å². The molecule has 1 aliphatic rings. The largest absolute Gasteiger partial charge is 0.497 e. The predicted octanol–water partition coefficient (Wildman–Crippen LogP) is 2.78. The van der Waals surface area contributed by atoms with E-state index in [1.807, 2.05) is 36.2 Å². The number of hydrogen-bond acceptors (Lipinski definition) is 2. The van der Waals surface area contributed by atoms with E-state index in [4.69, 9.17) is 10.5 Å². The summed E-state index contributed by atoms with van der Waals surface area (Å²) in [6, 6.07) is 8.24. The molecular formula is C15H23N3O. The van der Waals surface area contributed by atoms with Gasteiger partial charge in [0.2, 0.25) is 0 Å². The number of benzene rings is 1. The molecule has 0 spiro atoms. The van der Waals surface area contributed by atoms with Gasteiger partial charge in [0.15, 0.2) is 5.96 Å². The summed E-state index contributed by atoms with van der Waals surface area (Å²) < 4.78 is 5.23. The minimum absolute atomic E-state index is 0.391. The van der Waals surface area contributed by atoms with Gasteiger partial charge < -0.3 is 15.4 Å².